The predicted molar refractivity (Wildman–Crippen MR) is 96.3 cm³/mol. The zero-order valence-corrected chi connectivity index (χ0v) is 14.1. The Morgan fingerprint density at radius 2 is 1.73 bits per heavy atom. The summed E-state index contributed by atoms with van der Waals surface area (Å²) in [6.45, 7) is 0. The van der Waals surface area contributed by atoms with Gasteiger partial charge in [-0.05, 0) is 23.1 Å². The van der Waals surface area contributed by atoms with E-state index in [1.54, 1.807) is 0 Å². The molecule has 2 atom stereocenters. The van der Waals surface area contributed by atoms with Gasteiger partial charge in [-0.15, -0.1) is 0 Å². The lowest BCUT2D eigenvalue weighted by Crippen LogP contribution is -2.49. The van der Waals surface area contributed by atoms with Gasteiger partial charge in [0, 0.05) is 12.8 Å². The Labute approximate surface area is 151 Å². The first-order chi connectivity index (χ1) is 12.5. The summed E-state index contributed by atoms with van der Waals surface area (Å²) in [5, 5.41) is 14.5. The molecule has 2 amide bonds. The molecule has 1 fully saturated rings. The SMILES string of the molecule is O=C1CC[C@@H](C(=O)N[C@H](Cc2ccc(-c3ccccc3)cc2)C(=O)O)N1. The first kappa shape index (κ1) is 17.7. The van der Waals surface area contributed by atoms with Gasteiger partial charge in [0.1, 0.15) is 12.1 Å². The fourth-order valence-electron chi connectivity index (χ4n) is 2.98. The molecule has 3 N–H and O–H groups in total. The molecule has 1 saturated heterocycles. The lowest BCUT2D eigenvalue weighted by Gasteiger charge is -2.17. The van der Waals surface area contributed by atoms with Crippen LogP contribution < -0.4 is 10.6 Å². The minimum absolute atomic E-state index is 0.177. The van der Waals surface area contributed by atoms with Crippen LogP contribution in [0.15, 0.2) is 54.6 Å². The first-order valence-corrected chi connectivity index (χ1v) is 8.50. The Bertz CT molecular complexity index is 802. The maximum absolute atomic E-state index is 12.1. The number of carboxylic acid groups (broad SMARTS) is 1. The van der Waals surface area contributed by atoms with E-state index in [2.05, 4.69) is 10.6 Å². The maximum Gasteiger partial charge on any atom is 0.326 e. The molecule has 26 heavy (non-hydrogen) atoms. The molecule has 0 radical (unpaired) electrons. The summed E-state index contributed by atoms with van der Waals surface area (Å²) in [6.07, 6.45) is 0.858. The summed E-state index contributed by atoms with van der Waals surface area (Å²) >= 11 is 0. The average Bonchev–Trinajstić information content (AvgIpc) is 3.09. The Morgan fingerprint density at radius 1 is 1.08 bits per heavy atom. The van der Waals surface area contributed by atoms with Crippen molar-refractivity contribution in [1.29, 1.82) is 0 Å². The van der Waals surface area contributed by atoms with Crippen molar-refractivity contribution in [2.45, 2.75) is 31.3 Å². The van der Waals surface area contributed by atoms with Gasteiger partial charge in [0.05, 0.1) is 0 Å². The van der Waals surface area contributed by atoms with Gasteiger partial charge in [0.15, 0.2) is 0 Å². The highest BCUT2D eigenvalue weighted by Crippen LogP contribution is 2.19. The van der Waals surface area contributed by atoms with Crippen molar-refractivity contribution in [3.8, 4) is 11.1 Å². The highest BCUT2D eigenvalue weighted by molar-refractivity contribution is 5.92. The summed E-state index contributed by atoms with van der Waals surface area (Å²) in [5.41, 5.74) is 2.94. The molecule has 2 aromatic carbocycles. The third-order valence-electron chi connectivity index (χ3n) is 4.43. The fraction of sp³-hybridized carbons (Fsp3) is 0.250. The molecule has 134 valence electrons. The molecule has 0 bridgehead atoms. The Balaban J connectivity index is 1.65. The van der Waals surface area contributed by atoms with Crippen molar-refractivity contribution >= 4 is 17.8 Å². The number of carboxylic acids is 1. The van der Waals surface area contributed by atoms with Crippen LogP contribution >= 0.6 is 0 Å². The minimum atomic E-state index is -1.10. The quantitative estimate of drug-likeness (QED) is 0.738. The summed E-state index contributed by atoms with van der Waals surface area (Å²) in [4.78, 5) is 34.9. The van der Waals surface area contributed by atoms with E-state index in [0.29, 0.717) is 6.42 Å². The second-order valence-electron chi connectivity index (χ2n) is 6.33. The number of carbonyl (C=O) groups is 3. The van der Waals surface area contributed by atoms with Gasteiger partial charge in [-0.2, -0.15) is 0 Å². The molecule has 0 unspecified atom stereocenters. The van der Waals surface area contributed by atoms with E-state index in [4.69, 9.17) is 0 Å². The van der Waals surface area contributed by atoms with Crippen molar-refractivity contribution in [2.75, 3.05) is 0 Å². The Hall–Kier alpha value is -3.15. The van der Waals surface area contributed by atoms with Gasteiger partial charge >= 0.3 is 5.97 Å². The Kier molecular flexibility index (Phi) is 5.31. The van der Waals surface area contributed by atoms with Crippen LogP contribution in [0.1, 0.15) is 18.4 Å². The lowest BCUT2D eigenvalue weighted by molar-refractivity contribution is -0.142. The van der Waals surface area contributed by atoms with Crippen LogP contribution in [0.2, 0.25) is 0 Å². The number of amides is 2. The molecular formula is C20H20N2O4. The fourth-order valence-corrected chi connectivity index (χ4v) is 2.98. The molecule has 1 aliphatic rings. The van der Waals surface area contributed by atoms with Gasteiger partial charge in [-0.1, -0.05) is 54.6 Å². The van der Waals surface area contributed by atoms with E-state index in [-0.39, 0.29) is 18.7 Å². The zero-order chi connectivity index (χ0) is 18.5. The monoisotopic (exact) mass is 352 g/mol. The third-order valence-corrected chi connectivity index (χ3v) is 4.43. The second kappa shape index (κ2) is 7.82. The van der Waals surface area contributed by atoms with E-state index in [0.717, 1.165) is 16.7 Å². The number of benzene rings is 2. The zero-order valence-electron chi connectivity index (χ0n) is 14.1. The molecule has 0 aliphatic carbocycles. The van der Waals surface area contributed by atoms with E-state index >= 15 is 0 Å². The van der Waals surface area contributed by atoms with Crippen molar-refractivity contribution in [3.05, 3.63) is 60.2 Å². The average molecular weight is 352 g/mol. The van der Waals surface area contributed by atoms with Crippen LogP contribution in [0.4, 0.5) is 0 Å². The number of carbonyl (C=O) groups excluding carboxylic acids is 2. The molecule has 1 aliphatic heterocycles. The van der Waals surface area contributed by atoms with Crippen LogP contribution in [0.5, 0.6) is 0 Å². The molecular weight excluding hydrogens is 332 g/mol. The highest BCUT2D eigenvalue weighted by Gasteiger charge is 2.30. The van der Waals surface area contributed by atoms with E-state index in [1.807, 2.05) is 54.6 Å². The summed E-state index contributed by atoms with van der Waals surface area (Å²) in [5.74, 6) is -1.74. The first-order valence-electron chi connectivity index (χ1n) is 8.50. The molecule has 0 spiro atoms. The van der Waals surface area contributed by atoms with Gasteiger partial charge in [0.25, 0.3) is 0 Å². The number of hydrogen-bond acceptors (Lipinski definition) is 3. The van der Waals surface area contributed by atoms with Crippen LogP contribution in [-0.4, -0.2) is 35.0 Å². The molecule has 0 aromatic heterocycles. The molecule has 1 heterocycles. The topological polar surface area (TPSA) is 95.5 Å². The standard InChI is InChI=1S/C20H20N2O4/c23-18-11-10-16(21-18)19(24)22-17(20(25)26)12-13-6-8-15(9-7-13)14-4-2-1-3-5-14/h1-9,16-17H,10-12H2,(H,21,23)(H,22,24)(H,25,26)/t16-,17+/m0/s1. The maximum atomic E-state index is 12.1. The minimum Gasteiger partial charge on any atom is -0.480 e. The van der Waals surface area contributed by atoms with Crippen LogP contribution in [-0.2, 0) is 20.8 Å². The Morgan fingerprint density at radius 3 is 2.31 bits per heavy atom. The van der Waals surface area contributed by atoms with E-state index < -0.39 is 24.0 Å². The summed E-state index contributed by atoms with van der Waals surface area (Å²) < 4.78 is 0. The van der Waals surface area contributed by atoms with Crippen molar-refractivity contribution in [1.82, 2.24) is 10.6 Å². The van der Waals surface area contributed by atoms with Crippen LogP contribution in [0.3, 0.4) is 0 Å². The number of aliphatic carboxylic acids is 1. The lowest BCUT2D eigenvalue weighted by atomic mass is 10.0. The molecule has 6 nitrogen and oxygen atoms in total. The smallest absolute Gasteiger partial charge is 0.326 e. The van der Waals surface area contributed by atoms with Crippen molar-refractivity contribution in [3.63, 3.8) is 0 Å². The van der Waals surface area contributed by atoms with Crippen molar-refractivity contribution in [2.24, 2.45) is 0 Å². The summed E-state index contributed by atoms with van der Waals surface area (Å²) in [7, 11) is 0. The van der Waals surface area contributed by atoms with Crippen LogP contribution in [0.25, 0.3) is 11.1 Å². The highest BCUT2D eigenvalue weighted by atomic mass is 16.4. The third kappa shape index (κ3) is 4.27. The molecule has 0 saturated carbocycles. The molecule has 6 heteroatoms. The summed E-state index contributed by atoms with van der Waals surface area (Å²) in [6, 6.07) is 15.8. The largest absolute Gasteiger partial charge is 0.480 e. The predicted octanol–water partition coefficient (Wildman–Crippen LogP) is 1.74. The van der Waals surface area contributed by atoms with E-state index in [1.165, 1.54) is 0 Å². The van der Waals surface area contributed by atoms with Crippen molar-refractivity contribution < 1.29 is 19.5 Å². The number of rotatable bonds is 6. The second-order valence-corrected chi connectivity index (χ2v) is 6.33. The van der Waals surface area contributed by atoms with Gasteiger partial charge < -0.3 is 15.7 Å². The number of hydrogen-bond donors (Lipinski definition) is 3. The molecule has 3 rings (SSSR count). The normalized spacial score (nSPS) is 17.4. The van der Waals surface area contributed by atoms with Gasteiger partial charge in [0.2, 0.25) is 11.8 Å². The van der Waals surface area contributed by atoms with E-state index in [9.17, 15) is 19.5 Å². The number of nitrogens with one attached hydrogen (secondary N) is 2. The van der Waals surface area contributed by atoms with Gasteiger partial charge in [-0.25, -0.2) is 4.79 Å². The van der Waals surface area contributed by atoms with Crippen LogP contribution in [0, 0.1) is 0 Å². The van der Waals surface area contributed by atoms with Gasteiger partial charge in [-0.3, -0.25) is 9.59 Å². The molecule has 2 aromatic rings.